The summed E-state index contributed by atoms with van der Waals surface area (Å²) >= 11 is 0. The largest absolute Gasteiger partial charge is 0.482 e. The molecule has 152 valence electrons. The molecule has 0 unspecified atom stereocenters. The highest BCUT2D eigenvalue weighted by Crippen LogP contribution is 2.31. The SMILES string of the molecule is CCOC(=O)COc1cccc(N2CCO[C@@](CC(=O)O)(OC(C)=O)C2=O)c1. The summed E-state index contributed by atoms with van der Waals surface area (Å²) in [5, 5.41) is 9.12. The summed E-state index contributed by atoms with van der Waals surface area (Å²) in [5.41, 5.74) is 0.372. The van der Waals surface area contributed by atoms with E-state index in [2.05, 4.69) is 0 Å². The van der Waals surface area contributed by atoms with Crippen molar-refractivity contribution in [2.24, 2.45) is 0 Å². The monoisotopic (exact) mass is 395 g/mol. The molecular formula is C18H21NO9. The molecule has 1 heterocycles. The Morgan fingerprint density at radius 3 is 2.71 bits per heavy atom. The van der Waals surface area contributed by atoms with E-state index in [9.17, 15) is 19.2 Å². The van der Waals surface area contributed by atoms with Crippen LogP contribution in [0.2, 0.25) is 0 Å². The molecule has 1 aromatic carbocycles. The summed E-state index contributed by atoms with van der Waals surface area (Å²) in [7, 11) is 0. The summed E-state index contributed by atoms with van der Waals surface area (Å²) < 4.78 is 20.4. The molecule has 0 bridgehead atoms. The molecule has 0 saturated carbocycles. The number of esters is 2. The van der Waals surface area contributed by atoms with Crippen LogP contribution < -0.4 is 9.64 Å². The predicted octanol–water partition coefficient (Wildman–Crippen LogP) is 0.726. The topological polar surface area (TPSA) is 129 Å². The molecule has 0 aromatic heterocycles. The van der Waals surface area contributed by atoms with Crippen LogP contribution in [0.3, 0.4) is 0 Å². The first kappa shape index (κ1) is 21.2. The molecule has 0 spiro atoms. The van der Waals surface area contributed by atoms with Gasteiger partial charge in [-0.2, -0.15) is 0 Å². The number of aliphatic carboxylic acids is 1. The Morgan fingerprint density at radius 1 is 1.32 bits per heavy atom. The number of anilines is 1. The molecule has 2 rings (SSSR count). The number of rotatable bonds is 8. The van der Waals surface area contributed by atoms with E-state index in [1.54, 1.807) is 25.1 Å². The molecule has 1 aliphatic heterocycles. The second-order valence-electron chi connectivity index (χ2n) is 5.81. The number of amides is 1. The van der Waals surface area contributed by atoms with Crippen molar-refractivity contribution >= 4 is 29.5 Å². The first-order valence-electron chi connectivity index (χ1n) is 8.53. The fourth-order valence-corrected chi connectivity index (χ4v) is 2.67. The lowest BCUT2D eigenvalue weighted by Crippen LogP contribution is -2.59. The molecule has 10 nitrogen and oxygen atoms in total. The van der Waals surface area contributed by atoms with Crippen LogP contribution in [0, 0.1) is 0 Å². The number of benzene rings is 1. The van der Waals surface area contributed by atoms with Gasteiger partial charge in [0.05, 0.1) is 13.2 Å². The van der Waals surface area contributed by atoms with Crippen LogP contribution in [-0.2, 0) is 33.4 Å². The fraction of sp³-hybridized carbons (Fsp3) is 0.444. The Hall–Kier alpha value is -3.14. The number of carboxylic acids is 1. The minimum Gasteiger partial charge on any atom is -0.482 e. The summed E-state index contributed by atoms with van der Waals surface area (Å²) in [6, 6.07) is 6.29. The van der Waals surface area contributed by atoms with Crippen molar-refractivity contribution in [1.29, 1.82) is 0 Å². The van der Waals surface area contributed by atoms with E-state index in [-0.39, 0.29) is 26.4 Å². The smallest absolute Gasteiger partial charge is 0.344 e. The Balaban J connectivity index is 2.23. The molecular weight excluding hydrogens is 374 g/mol. The normalized spacial score (nSPS) is 19.1. The zero-order chi connectivity index (χ0) is 20.7. The maximum absolute atomic E-state index is 12.9. The highest BCUT2D eigenvalue weighted by Gasteiger charge is 2.51. The number of morpholine rings is 1. The third-order valence-corrected chi connectivity index (χ3v) is 3.70. The lowest BCUT2D eigenvalue weighted by atomic mass is 10.1. The Bertz CT molecular complexity index is 745. The molecule has 1 aliphatic rings. The molecule has 1 N–H and O–H groups in total. The molecule has 1 amide bonds. The van der Waals surface area contributed by atoms with Gasteiger partial charge in [0.15, 0.2) is 6.61 Å². The number of carbonyl (C=O) groups is 4. The van der Waals surface area contributed by atoms with Crippen molar-refractivity contribution in [3.05, 3.63) is 24.3 Å². The van der Waals surface area contributed by atoms with Gasteiger partial charge >= 0.3 is 29.6 Å². The highest BCUT2D eigenvalue weighted by atomic mass is 16.7. The van der Waals surface area contributed by atoms with Gasteiger partial charge in [-0.05, 0) is 19.1 Å². The van der Waals surface area contributed by atoms with Crippen LogP contribution in [0.15, 0.2) is 24.3 Å². The molecule has 1 atom stereocenters. The van der Waals surface area contributed by atoms with Crippen molar-refractivity contribution in [3.8, 4) is 5.75 Å². The predicted molar refractivity (Wildman–Crippen MR) is 93.6 cm³/mol. The fourth-order valence-electron chi connectivity index (χ4n) is 2.67. The number of hydrogen-bond donors (Lipinski definition) is 1. The van der Waals surface area contributed by atoms with Gasteiger partial charge in [0.1, 0.15) is 12.2 Å². The van der Waals surface area contributed by atoms with Gasteiger partial charge in [-0.25, -0.2) is 4.79 Å². The average Bonchev–Trinajstić information content (AvgIpc) is 2.62. The van der Waals surface area contributed by atoms with Crippen LogP contribution in [0.1, 0.15) is 20.3 Å². The summed E-state index contributed by atoms with van der Waals surface area (Å²) in [6.45, 7) is 2.73. The van der Waals surface area contributed by atoms with E-state index in [1.165, 1.54) is 11.0 Å². The molecule has 1 saturated heterocycles. The van der Waals surface area contributed by atoms with Crippen LogP contribution >= 0.6 is 0 Å². The standard InChI is InChI=1S/C18H21NO9/c1-3-25-16(23)11-26-14-6-4-5-13(9-14)19-7-8-27-18(17(19)24,10-15(21)22)28-12(2)20/h4-6,9H,3,7-8,10-11H2,1-2H3,(H,21,22)/t18-/m0/s1. The number of carboxylic acid groups (broad SMARTS) is 1. The van der Waals surface area contributed by atoms with E-state index >= 15 is 0 Å². The lowest BCUT2D eigenvalue weighted by Gasteiger charge is -2.39. The first-order valence-corrected chi connectivity index (χ1v) is 8.53. The van der Waals surface area contributed by atoms with Crippen molar-refractivity contribution in [2.75, 3.05) is 31.3 Å². The highest BCUT2D eigenvalue weighted by molar-refractivity contribution is 6.02. The van der Waals surface area contributed by atoms with Gasteiger partial charge in [-0.15, -0.1) is 0 Å². The summed E-state index contributed by atoms with van der Waals surface area (Å²) in [6.07, 6.45) is -0.832. The summed E-state index contributed by atoms with van der Waals surface area (Å²) in [4.78, 5) is 48.2. The minimum absolute atomic E-state index is 0.0415. The number of ether oxygens (including phenoxy) is 4. The van der Waals surface area contributed by atoms with Gasteiger partial charge in [0, 0.05) is 25.2 Å². The third-order valence-electron chi connectivity index (χ3n) is 3.70. The molecule has 0 radical (unpaired) electrons. The van der Waals surface area contributed by atoms with Crippen molar-refractivity contribution < 1.29 is 43.2 Å². The zero-order valence-corrected chi connectivity index (χ0v) is 15.5. The zero-order valence-electron chi connectivity index (χ0n) is 15.5. The van der Waals surface area contributed by atoms with Crippen LogP contribution in [-0.4, -0.2) is 61.1 Å². The quantitative estimate of drug-likeness (QED) is 0.633. The first-order chi connectivity index (χ1) is 13.3. The minimum atomic E-state index is -2.24. The van der Waals surface area contributed by atoms with Gasteiger partial charge in [0.25, 0.3) is 0 Å². The van der Waals surface area contributed by atoms with Crippen LogP contribution in [0.4, 0.5) is 5.69 Å². The van der Waals surface area contributed by atoms with Crippen molar-refractivity contribution in [2.45, 2.75) is 26.1 Å². The van der Waals surface area contributed by atoms with Crippen molar-refractivity contribution in [3.63, 3.8) is 0 Å². The second kappa shape index (κ2) is 9.18. The number of hydrogen-bond acceptors (Lipinski definition) is 8. The number of nitrogens with zero attached hydrogens (tertiary/aromatic N) is 1. The van der Waals surface area contributed by atoms with E-state index in [1.807, 2.05) is 0 Å². The van der Waals surface area contributed by atoms with Crippen LogP contribution in [0.25, 0.3) is 0 Å². The van der Waals surface area contributed by atoms with E-state index in [0.29, 0.717) is 11.4 Å². The van der Waals surface area contributed by atoms with Gasteiger partial charge in [-0.3, -0.25) is 14.4 Å². The Kier molecular flexibility index (Phi) is 6.94. The lowest BCUT2D eigenvalue weighted by molar-refractivity contribution is -0.234. The molecule has 1 aromatic rings. The number of carbonyl (C=O) groups excluding carboxylic acids is 3. The maximum atomic E-state index is 12.9. The molecule has 28 heavy (non-hydrogen) atoms. The average molecular weight is 395 g/mol. The van der Waals surface area contributed by atoms with E-state index in [4.69, 9.17) is 24.1 Å². The Labute approximate surface area is 160 Å². The second-order valence-corrected chi connectivity index (χ2v) is 5.81. The van der Waals surface area contributed by atoms with Gasteiger partial charge in [-0.1, -0.05) is 6.07 Å². The van der Waals surface area contributed by atoms with Crippen molar-refractivity contribution in [1.82, 2.24) is 0 Å². The molecule has 10 heteroatoms. The Morgan fingerprint density at radius 2 is 2.07 bits per heavy atom. The van der Waals surface area contributed by atoms with Gasteiger partial charge in [0.2, 0.25) is 0 Å². The van der Waals surface area contributed by atoms with Crippen LogP contribution in [0.5, 0.6) is 5.75 Å². The molecule has 1 fully saturated rings. The summed E-state index contributed by atoms with van der Waals surface area (Å²) in [5.74, 6) is -5.49. The van der Waals surface area contributed by atoms with E-state index < -0.39 is 36.0 Å². The van der Waals surface area contributed by atoms with Gasteiger partial charge < -0.3 is 29.0 Å². The third kappa shape index (κ3) is 5.19. The maximum Gasteiger partial charge on any atom is 0.344 e. The molecule has 0 aliphatic carbocycles. The van der Waals surface area contributed by atoms with E-state index in [0.717, 1.165) is 6.92 Å².